The number of benzene rings is 1. The van der Waals surface area contributed by atoms with Crippen molar-refractivity contribution < 1.29 is 9.53 Å². The highest BCUT2D eigenvalue weighted by atomic mass is 16.5. The standard InChI is InChI=1S/C21H26N4O2/c26-21(22-9-11-24-12-14-27-15-13-24)19-8-7-18(16-23-19)25-10-3-5-17-4-1-2-6-20(17)25/h1-2,4,6-8,16H,3,5,9-15H2,(H,22,26). The highest BCUT2D eigenvalue weighted by Gasteiger charge is 2.18. The molecular weight excluding hydrogens is 340 g/mol. The lowest BCUT2D eigenvalue weighted by molar-refractivity contribution is 0.0383. The van der Waals surface area contributed by atoms with Crippen LogP contribution >= 0.6 is 0 Å². The summed E-state index contributed by atoms with van der Waals surface area (Å²) in [5.41, 5.74) is 4.11. The number of aromatic nitrogens is 1. The third-order valence-electron chi connectivity index (χ3n) is 5.22. The first kappa shape index (κ1) is 17.9. The summed E-state index contributed by atoms with van der Waals surface area (Å²) in [6.45, 7) is 5.86. The first-order valence-corrected chi connectivity index (χ1v) is 9.71. The van der Waals surface area contributed by atoms with Crippen molar-refractivity contribution in [2.75, 3.05) is 50.8 Å². The quantitative estimate of drug-likeness (QED) is 0.879. The van der Waals surface area contributed by atoms with Crippen molar-refractivity contribution >= 4 is 17.3 Å². The molecule has 3 heterocycles. The Hall–Kier alpha value is -2.44. The van der Waals surface area contributed by atoms with Gasteiger partial charge in [0, 0.05) is 38.4 Å². The van der Waals surface area contributed by atoms with E-state index in [-0.39, 0.29) is 5.91 Å². The number of nitrogens with one attached hydrogen (secondary N) is 1. The highest BCUT2D eigenvalue weighted by molar-refractivity contribution is 5.92. The van der Waals surface area contributed by atoms with Crippen LogP contribution in [0.3, 0.4) is 0 Å². The van der Waals surface area contributed by atoms with Gasteiger partial charge in [-0.2, -0.15) is 0 Å². The number of carbonyl (C=O) groups is 1. The Balaban J connectivity index is 1.35. The molecule has 0 spiro atoms. The van der Waals surface area contributed by atoms with E-state index in [0.717, 1.165) is 57.9 Å². The lowest BCUT2D eigenvalue weighted by atomic mass is 10.0. The van der Waals surface area contributed by atoms with E-state index >= 15 is 0 Å². The van der Waals surface area contributed by atoms with Gasteiger partial charge in [-0.25, -0.2) is 4.98 Å². The molecule has 142 valence electrons. The van der Waals surface area contributed by atoms with Crippen molar-refractivity contribution in [1.29, 1.82) is 0 Å². The zero-order chi connectivity index (χ0) is 18.5. The molecule has 1 N–H and O–H groups in total. The minimum Gasteiger partial charge on any atom is -0.379 e. The summed E-state index contributed by atoms with van der Waals surface area (Å²) in [7, 11) is 0. The number of rotatable bonds is 5. The fourth-order valence-corrected chi connectivity index (χ4v) is 3.72. The molecule has 0 unspecified atom stereocenters. The number of para-hydroxylation sites is 1. The van der Waals surface area contributed by atoms with Gasteiger partial charge in [-0.15, -0.1) is 0 Å². The normalized spacial score (nSPS) is 17.4. The van der Waals surface area contributed by atoms with Gasteiger partial charge in [-0.1, -0.05) is 18.2 Å². The summed E-state index contributed by atoms with van der Waals surface area (Å²) in [5.74, 6) is -0.117. The minimum absolute atomic E-state index is 0.117. The van der Waals surface area contributed by atoms with E-state index in [2.05, 4.69) is 44.4 Å². The molecule has 0 aliphatic carbocycles. The maximum atomic E-state index is 12.3. The van der Waals surface area contributed by atoms with Crippen molar-refractivity contribution in [2.45, 2.75) is 12.8 Å². The van der Waals surface area contributed by atoms with E-state index < -0.39 is 0 Å². The fraction of sp³-hybridized carbons (Fsp3) is 0.429. The molecule has 27 heavy (non-hydrogen) atoms. The lowest BCUT2D eigenvalue weighted by Gasteiger charge is -2.31. The maximum absolute atomic E-state index is 12.3. The second-order valence-corrected chi connectivity index (χ2v) is 7.00. The molecule has 1 saturated heterocycles. The Labute approximate surface area is 160 Å². The van der Waals surface area contributed by atoms with Crippen LogP contribution in [0.4, 0.5) is 11.4 Å². The number of amides is 1. The van der Waals surface area contributed by atoms with Crippen LogP contribution in [-0.4, -0.2) is 61.7 Å². The number of nitrogens with zero attached hydrogens (tertiary/aromatic N) is 3. The van der Waals surface area contributed by atoms with Crippen LogP contribution in [0.25, 0.3) is 0 Å². The molecule has 4 rings (SSSR count). The van der Waals surface area contributed by atoms with Crippen LogP contribution in [-0.2, 0) is 11.2 Å². The maximum Gasteiger partial charge on any atom is 0.269 e. The van der Waals surface area contributed by atoms with Crippen molar-refractivity contribution in [2.24, 2.45) is 0 Å². The number of fused-ring (bicyclic) bond motifs is 1. The summed E-state index contributed by atoms with van der Waals surface area (Å²) < 4.78 is 5.34. The zero-order valence-corrected chi connectivity index (χ0v) is 15.6. The molecule has 0 saturated carbocycles. The Bertz CT molecular complexity index is 772. The van der Waals surface area contributed by atoms with Crippen LogP contribution in [0.5, 0.6) is 0 Å². The van der Waals surface area contributed by atoms with Gasteiger partial charge in [0.2, 0.25) is 0 Å². The van der Waals surface area contributed by atoms with E-state index in [1.54, 1.807) is 6.20 Å². The Morgan fingerprint density at radius 3 is 2.78 bits per heavy atom. The molecule has 6 nitrogen and oxygen atoms in total. The second-order valence-electron chi connectivity index (χ2n) is 7.00. The van der Waals surface area contributed by atoms with Gasteiger partial charge in [0.15, 0.2) is 0 Å². The molecule has 2 aliphatic rings. The Morgan fingerprint density at radius 2 is 1.96 bits per heavy atom. The van der Waals surface area contributed by atoms with E-state index in [4.69, 9.17) is 4.74 Å². The highest BCUT2D eigenvalue weighted by Crippen LogP contribution is 2.32. The summed E-state index contributed by atoms with van der Waals surface area (Å²) in [6.07, 6.45) is 4.05. The first-order valence-electron chi connectivity index (χ1n) is 9.71. The number of ether oxygens (including phenoxy) is 1. The molecular formula is C21H26N4O2. The summed E-state index contributed by atoms with van der Waals surface area (Å²) in [6, 6.07) is 12.3. The van der Waals surface area contributed by atoms with Crippen molar-refractivity contribution in [3.63, 3.8) is 0 Å². The van der Waals surface area contributed by atoms with Gasteiger partial charge in [0.25, 0.3) is 5.91 Å². The number of carbonyl (C=O) groups excluding carboxylic acids is 1. The predicted octanol–water partition coefficient (Wildman–Crippen LogP) is 2.23. The molecule has 1 aromatic heterocycles. The summed E-state index contributed by atoms with van der Waals surface area (Å²) >= 11 is 0. The van der Waals surface area contributed by atoms with E-state index in [1.807, 2.05) is 12.1 Å². The van der Waals surface area contributed by atoms with Crippen molar-refractivity contribution in [3.8, 4) is 0 Å². The number of pyridine rings is 1. The van der Waals surface area contributed by atoms with Crippen LogP contribution in [0, 0.1) is 0 Å². The van der Waals surface area contributed by atoms with Crippen LogP contribution in [0.1, 0.15) is 22.5 Å². The van der Waals surface area contributed by atoms with Crippen LogP contribution < -0.4 is 10.2 Å². The molecule has 2 aliphatic heterocycles. The minimum atomic E-state index is -0.117. The number of hydrogen-bond acceptors (Lipinski definition) is 5. The van der Waals surface area contributed by atoms with Crippen molar-refractivity contribution in [1.82, 2.24) is 15.2 Å². The third kappa shape index (κ3) is 4.28. The van der Waals surface area contributed by atoms with Gasteiger partial charge in [0.05, 0.1) is 25.1 Å². The first-order chi connectivity index (χ1) is 13.3. The molecule has 2 aromatic rings. The lowest BCUT2D eigenvalue weighted by Crippen LogP contribution is -2.41. The van der Waals surface area contributed by atoms with Gasteiger partial charge in [-0.3, -0.25) is 9.69 Å². The third-order valence-corrected chi connectivity index (χ3v) is 5.22. The second kappa shape index (κ2) is 8.50. The van der Waals surface area contributed by atoms with Crippen LogP contribution in [0.2, 0.25) is 0 Å². The molecule has 0 bridgehead atoms. The van der Waals surface area contributed by atoms with Crippen molar-refractivity contribution in [3.05, 3.63) is 53.9 Å². The van der Waals surface area contributed by atoms with Gasteiger partial charge in [0.1, 0.15) is 5.69 Å². The topological polar surface area (TPSA) is 57.7 Å². The molecule has 0 atom stereocenters. The molecule has 1 amide bonds. The average molecular weight is 366 g/mol. The number of anilines is 2. The fourth-order valence-electron chi connectivity index (χ4n) is 3.72. The number of morpholine rings is 1. The molecule has 1 fully saturated rings. The van der Waals surface area contributed by atoms with E-state index in [1.165, 1.54) is 11.3 Å². The summed E-state index contributed by atoms with van der Waals surface area (Å²) in [5, 5.41) is 2.96. The van der Waals surface area contributed by atoms with Crippen LogP contribution in [0.15, 0.2) is 42.6 Å². The van der Waals surface area contributed by atoms with Gasteiger partial charge < -0.3 is 15.0 Å². The Kier molecular flexibility index (Phi) is 5.65. The zero-order valence-electron chi connectivity index (χ0n) is 15.6. The van der Waals surface area contributed by atoms with Gasteiger partial charge >= 0.3 is 0 Å². The number of hydrogen-bond donors (Lipinski definition) is 1. The summed E-state index contributed by atoms with van der Waals surface area (Å²) in [4.78, 5) is 21.3. The smallest absolute Gasteiger partial charge is 0.269 e. The average Bonchev–Trinajstić information content (AvgIpc) is 2.74. The largest absolute Gasteiger partial charge is 0.379 e. The van der Waals surface area contributed by atoms with E-state index in [0.29, 0.717) is 12.2 Å². The predicted molar refractivity (Wildman–Crippen MR) is 106 cm³/mol. The number of aryl methyl sites for hydroxylation is 1. The molecule has 6 heteroatoms. The Morgan fingerprint density at radius 1 is 1.11 bits per heavy atom. The van der Waals surface area contributed by atoms with E-state index in [9.17, 15) is 4.79 Å². The molecule has 1 aromatic carbocycles. The SMILES string of the molecule is O=C(NCCN1CCOCC1)c1ccc(N2CCCc3ccccc32)cn1. The van der Waals surface area contributed by atoms with Gasteiger partial charge in [-0.05, 0) is 36.6 Å². The monoisotopic (exact) mass is 366 g/mol. The molecule has 0 radical (unpaired) electrons.